The zero-order valence-corrected chi connectivity index (χ0v) is 16.8. The molecule has 0 amide bonds. The Morgan fingerprint density at radius 3 is 2.10 bits per heavy atom. The molecule has 30 heavy (non-hydrogen) atoms. The van der Waals surface area contributed by atoms with Crippen molar-refractivity contribution < 1.29 is 28.8 Å². The highest BCUT2D eigenvalue weighted by Crippen LogP contribution is 2.78. The maximum absolute atomic E-state index is 13.7. The van der Waals surface area contributed by atoms with E-state index in [2.05, 4.69) is 0 Å². The Morgan fingerprint density at radius 2 is 1.60 bits per heavy atom. The van der Waals surface area contributed by atoms with Crippen LogP contribution in [0.15, 0.2) is 54.6 Å². The number of ether oxygens (including phenoxy) is 2. The Labute approximate surface area is 172 Å². The molecule has 8 nitrogen and oxygen atoms in total. The molecule has 1 aliphatic rings. The Hall–Kier alpha value is -3.55. The summed E-state index contributed by atoms with van der Waals surface area (Å²) >= 11 is 0. The largest absolute Gasteiger partial charge is 0.468 e. The number of rotatable bonds is 7. The Bertz CT molecular complexity index is 1000. The van der Waals surface area contributed by atoms with Crippen LogP contribution < -0.4 is 0 Å². The number of ketones is 1. The summed E-state index contributed by atoms with van der Waals surface area (Å²) in [5.41, 5.74) is -2.99. The molecule has 0 heterocycles. The number of Topliss-reactive ketones (excluding diaryl/α,β-unsaturated/α-hetero) is 1. The first-order valence-electron chi connectivity index (χ1n) is 9.33. The van der Waals surface area contributed by atoms with Gasteiger partial charge in [-0.15, -0.1) is 0 Å². The molecule has 1 aliphatic carbocycles. The van der Waals surface area contributed by atoms with Crippen molar-refractivity contribution in [3.63, 3.8) is 0 Å². The quantitative estimate of drug-likeness (QED) is 0.226. The molecule has 0 aromatic heterocycles. The third-order valence-electron chi connectivity index (χ3n) is 5.97. The molecule has 0 aliphatic heterocycles. The number of hydrogen-bond donors (Lipinski definition) is 0. The molecule has 0 N–H and O–H groups in total. The summed E-state index contributed by atoms with van der Waals surface area (Å²) in [6, 6.07) is 13.9. The summed E-state index contributed by atoms with van der Waals surface area (Å²) in [5, 5.41) is 11.3. The predicted octanol–water partition coefficient (Wildman–Crippen LogP) is 3.30. The van der Waals surface area contributed by atoms with Crippen molar-refractivity contribution in [3.05, 3.63) is 75.8 Å². The number of non-ortho nitro benzene ring substituents is 1. The van der Waals surface area contributed by atoms with E-state index in [1.54, 1.807) is 43.3 Å². The summed E-state index contributed by atoms with van der Waals surface area (Å²) in [4.78, 5) is 50.4. The molecule has 1 saturated carbocycles. The van der Waals surface area contributed by atoms with E-state index in [0.29, 0.717) is 11.1 Å². The van der Waals surface area contributed by atoms with Gasteiger partial charge in [-0.1, -0.05) is 49.4 Å². The van der Waals surface area contributed by atoms with Gasteiger partial charge >= 0.3 is 11.9 Å². The van der Waals surface area contributed by atoms with Gasteiger partial charge in [0, 0.05) is 23.6 Å². The molecule has 2 aromatic rings. The number of nitro groups is 1. The fourth-order valence-corrected chi connectivity index (χ4v) is 4.69. The zero-order chi connectivity index (χ0) is 22.1. The van der Waals surface area contributed by atoms with Crippen molar-refractivity contribution in [1.82, 2.24) is 0 Å². The molecule has 8 heteroatoms. The van der Waals surface area contributed by atoms with Crippen LogP contribution in [0.5, 0.6) is 0 Å². The molecule has 0 bridgehead atoms. The molecule has 0 saturated heterocycles. The molecular formula is C22H21NO7. The molecule has 156 valence electrons. The van der Waals surface area contributed by atoms with Crippen LogP contribution in [0.3, 0.4) is 0 Å². The predicted molar refractivity (Wildman–Crippen MR) is 106 cm³/mol. The zero-order valence-electron chi connectivity index (χ0n) is 16.8. The third-order valence-corrected chi connectivity index (χ3v) is 5.97. The first-order chi connectivity index (χ1) is 14.3. The number of carbonyl (C=O) groups is 3. The van der Waals surface area contributed by atoms with Crippen molar-refractivity contribution in [3.8, 4) is 0 Å². The number of esters is 2. The van der Waals surface area contributed by atoms with Crippen molar-refractivity contribution in [2.75, 3.05) is 14.2 Å². The average Bonchev–Trinajstić information content (AvgIpc) is 3.43. The van der Waals surface area contributed by atoms with E-state index in [4.69, 9.17) is 9.47 Å². The van der Waals surface area contributed by atoms with Gasteiger partial charge in [-0.25, -0.2) is 0 Å². The van der Waals surface area contributed by atoms with Crippen molar-refractivity contribution >= 4 is 23.4 Å². The van der Waals surface area contributed by atoms with Crippen molar-refractivity contribution in [2.24, 2.45) is 10.8 Å². The molecule has 0 radical (unpaired) electrons. The molecule has 1 fully saturated rings. The van der Waals surface area contributed by atoms with Gasteiger partial charge in [0.15, 0.2) is 11.2 Å². The van der Waals surface area contributed by atoms with Crippen LogP contribution in [-0.4, -0.2) is 36.9 Å². The van der Waals surface area contributed by atoms with E-state index in [1.807, 2.05) is 0 Å². The summed E-state index contributed by atoms with van der Waals surface area (Å²) in [5.74, 6) is -3.20. The number of hydrogen-bond acceptors (Lipinski definition) is 7. The van der Waals surface area contributed by atoms with Crippen molar-refractivity contribution in [2.45, 2.75) is 19.3 Å². The second kappa shape index (κ2) is 7.70. The van der Waals surface area contributed by atoms with Crippen LogP contribution in [0.1, 0.15) is 35.2 Å². The first-order valence-corrected chi connectivity index (χ1v) is 9.33. The fraction of sp³-hybridized carbons (Fsp3) is 0.318. The van der Waals surface area contributed by atoms with Crippen LogP contribution in [0.25, 0.3) is 0 Å². The van der Waals surface area contributed by atoms with Crippen molar-refractivity contribution in [1.29, 1.82) is 0 Å². The fourth-order valence-electron chi connectivity index (χ4n) is 4.69. The third kappa shape index (κ3) is 2.71. The van der Waals surface area contributed by atoms with E-state index >= 15 is 0 Å². The lowest BCUT2D eigenvalue weighted by molar-refractivity contribution is -0.384. The van der Waals surface area contributed by atoms with Gasteiger partial charge in [0.1, 0.15) is 0 Å². The Balaban J connectivity index is 2.29. The normalized spacial score (nSPS) is 21.4. The highest BCUT2D eigenvalue weighted by atomic mass is 16.6. The van der Waals surface area contributed by atoms with Gasteiger partial charge in [-0.2, -0.15) is 0 Å². The Kier molecular flexibility index (Phi) is 5.43. The Morgan fingerprint density at radius 1 is 1.00 bits per heavy atom. The molecule has 0 unspecified atom stereocenters. The van der Waals surface area contributed by atoms with Crippen LogP contribution in [0.4, 0.5) is 5.69 Å². The van der Waals surface area contributed by atoms with E-state index < -0.39 is 39.4 Å². The minimum absolute atomic E-state index is 0.123. The maximum Gasteiger partial charge on any atom is 0.324 e. The van der Waals surface area contributed by atoms with Gasteiger partial charge in [0.2, 0.25) is 0 Å². The second-order valence-corrected chi connectivity index (χ2v) is 7.10. The minimum atomic E-state index is -1.94. The number of carbonyl (C=O) groups excluding carboxylic acids is 3. The lowest BCUT2D eigenvalue weighted by atomic mass is 9.83. The van der Waals surface area contributed by atoms with E-state index in [0.717, 1.165) is 14.2 Å². The number of nitro benzene ring substituents is 1. The SMILES string of the molecule is CC[C@]1(C(=O)c2ccccc2)[C@@H](c2cccc([N+](=O)[O-])c2)C1(C(=O)OC)C(=O)OC. The highest BCUT2D eigenvalue weighted by Gasteiger charge is 2.88. The summed E-state index contributed by atoms with van der Waals surface area (Å²) in [6.45, 7) is 1.69. The van der Waals surface area contributed by atoms with Gasteiger partial charge in [0.05, 0.1) is 24.6 Å². The molecular weight excluding hydrogens is 390 g/mol. The van der Waals surface area contributed by atoms with Gasteiger partial charge in [-0.3, -0.25) is 24.5 Å². The van der Waals surface area contributed by atoms with Crippen LogP contribution in [0, 0.1) is 20.9 Å². The monoisotopic (exact) mass is 411 g/mol. The molecule has 0 spiro atoms. The lowest BCUT2D eigenvalue weighted by Crippen LogP contribution is -2.37. The summed E-state index contributed by atoms with van der Waals surface area (Å²) in [6.07, 6.45) is 0.123. The number of methoxy groups -OCH3 is 2. The lowest BCUT2D eigenvalue weighted by Gasteiger charge is -2.20. The van der Waals surface area contributed by atoms with E-state index in [1.165, 1.54) is 18.2 Å². The highest BCUT2D eigenvalue weighted by molar-refractivity contribution is 6.19. The standard InChI is InChI=1S/C22H21NO7/c1-4-21(18(24)14-9-6-5-7-10-14)17(15-11-8-12-16(13-15)23(27)28)22(21,19(25)29-2)20(26)30-3/h5-13,17H,4H2,1-3H3/t17-,21-/m1/s1. The topological polar surface area (TPSA) is 113 Å². The average molecular weight is 411 g/mol. The van der Waals surface area contributed by atoms with Crippen LogP contribution in [0.2, 0.25) is 0 Å². The summed E-state index contributed by atoms with van der Waals surface area (Å²) in [7, 11) is 2.26. The molecule has 2 aromatic carbocycles. The van der Waals surface area contributed by atoms with Gasteiger partial charge in [-0.05, 0) is 12.0 Å². The maximum atomic E-state index is 13.7. The van der Waals surface area contributed by atoms with E-state index in [-0.39, 0.29) is 12.1 Å². The van der Waals surface area contributed by atoms with E-state index in [9.17, 15) is 24.5 Å². The number of benzene rings is 2. The summed E-state index contributed by atoms with van der Waals surface area (Å²) < 4.78 is 9.89. The molecule has 2 atom stereocenters. The van der Waals surface area contributed by atoms with Gasteiger partial charge < -0.3 is 9.47 Å². The second-order valence-electron chi connectivity index (χ2n) is 7.10. The van der Waals surface area contributed by atoms with Crippen LogP contribution >= 0.6 is 0 Å². The smallest absolute Gasteiger partial charge is 0.324 e. The molecule has 3 rings (SSSR count). The first kappa shape index (κ1) is 21.2. The number of nitrogens with zero attached hydrogens (tertiary/aromatic N) is 1. The van der Waals surface area contributed by atoms with Gasteiger partial charge in [0.25, 0.3) is 5.69 Å². The minimum Gasteiger partial charge on any atom is -0.468 e. The van der Waals surface area contributed by atoms with Crippen LogP contribution in [-0.2, 0) is 19.1 Å².